The van der Waals surface area contributed by atoms with Gasteiger partial charge in [0.1, 0.15) is 13.1 Å². The van der Waals surface area contributed by atoms with Crippen LogP contribution in [0.2, 0.25) is 0 Å². The Kier molecular flexibility index (Phi) is 20.8. The van der Waals surface area contributed by atoms with E-state index >= 15 is 0 Å². The molecule has 0 aromatic heterocycles. The van der Waals surface area contributed by atoms with Gasteiger partial charge in [0.05, 0.1) is 32.3 Å². The molecule has 2 aromatic rings. The number of benzene rings is 2. The molecule has 0 saturated heterocycles. The summed E-state index contributed by atoms with van der Waals surface area (Å²) < 4.78 is 8.55. The molecule has 0 spiro atoms. The second-order valence-electron chi connectivity index (χ2n) is 13.8. The number of hydrogen-bond acceptors (Lipinski definition) is 1. The van der Waals surface area contributed by atoms with Gasteiger partial charge in [-0.05, 0) is 41.0 Å². The van der Waals surface area contributed by atoms with Gasteiger partial charge >= 0.3 is 0 Å². The van der Waals surface area contributed by atoms with Crippen LogP contribution < -0.4 is 0 Å². The molecule has 0 N–H and O–H groups in total. The number of quaternary nitrogens is 2. The van der Waals surface area contributed by atoms with Gasteiger partial charge in [-0.3, -0.25) is 0 Å². The van der Waals surface area contributed by atoms with Crippen molar-refractivity contribution < 1.29 is 13.7 Å². The summed E-state index contributed by atoms with van der Waals surface area (Å²) in [5.74, 6) is 0. The minimum atomic E-state index is -0.289. The minimum Gasteiger partial charge on any atom is -0.360 e. The Balaban J connectivity index is 2.12. The molecule has 0 aliphatic rings. The zero-order valence-electron chi connectivity index (χ0n) is 30.6. The van der Waals surface area contributed by atoms with Gasteiger partial charge in [-0.25, -0.2) is 0 Å². The lowest BCUT2D eigenvalue weighted by atomic mass is 10.0. The molecule has 3 atom stereocenters. The number of rotatable bonds is 27. The van der Waals surface area contributed by atoms with Gasteiger partial charge in [0, 0.05) is 11.1 Å². The Morgan fingerprint density at radius 1 is 0.522 bits per heavy atom. The maximum atomic E-state index is 7.71. The van der Waals surface area contributed by atoms with E-state index < -0.39 is 0 Å². The maximum absolute atomic E-state index is 7.71. The van der Waals surface area contributed by atoms with Crippen LogP contribution in [-0.2, 0) is 17.8 Å². The smallest absolute Gasteiger partial charge is 0.198 e. The van der Waals surface area contributed by atoms with Gasteiger partial charge in [-0.2, -0.15) is 0 Å². The molecule has 2 rings (SSSR count). The van der Waals surface area contributed by atoms with Crippen molar-refractivity contribution in [3.05, 3.63) is 71.8 Å². The topological polar surface area (TPSA) is 9.23 Å². The molecular formula is C41H70Cl2N2O+2. The van der Waals surface area contributed by atoms with Crippen LogP contribution in [0.5, 0.6) is 0 Å². The predicted molar refractivity (Wildman–Crippen MR) is 202 cm³/mol. The summed E-state index contributed by atoms with van der Waals surface area (Å²) in [6, 6.07) is 21.6. The monoisotopic (exact) mass is 676 g/mol. The van der Waals surface area contributed by atoms with Crippen LogP contribution in [0.1, 0.15) is 136 Å². The quantitative estimate of drug-likeness (QED) is 0.0396. The van der Waals surface area contributed by atoms with Crippen LogP contribution in [-0.4, -0.2) is 58.4 Å². The Morgan fingerprint density at radius 3 is 1.22 bits per heavy atom. The molecule has 0 radical (unpaired) electrons. The molecule has 0 saturated carbocycles. The van der Waals surface area contributed by atoms with E-state index in [-0.39, 0.29) is 23.2 Å². The third kappa shape index (κ3) is 13.4. The molecule has 0 fully saturated rings. The van der Waals surface area contributed by atoms with Crippen LogP contribution in [0.15, 0.2) is 60.7 Å². The van der Waals surface area contributed by atoms with Crippen molar-refractivity contribution in [2.45, 2.75) is 161 Å². The first-order valence-corrected chi connectivity index (χ1v) is 19.9. The lowest BCUT2D eigenvalue weighted by molar-refractivity contribution is -0.973. The Morgan fingerprint density at radius 2 is 0.870 bits per heavy atom. The molecule has 5 heteroatoms. The first-order chi connectivity index (χ1) is 22.3. The Labute approximate surface area is 295 Å². The fraction of sp³-hybridized carbons (Fsp3) is 0.707. The molecule has 0 aliphatic carbocycles. The van der Waals surface area contributed by atoms with Gasteiger partial charge in [-0.15, -0.1) is 0 Å². The summed E-state index contributed by atoms with van der Waals surface area (Å²) in [5, 5.41) is 0. The van der Waals surface area contributed by atoms with E-state index in [0.29, 0.717) is 0 Å². The van der Waals surface area contributed by atoms with Crippen LogP contribution >= 0.6 is 23.2 Å². The van der Waals surface area contributed by atoms with Gasteiger partial charge in [0.25, 0.3) is 0 Å². The normalized spacial score (nSPS) is 15.0. The first-order valence-electron chi connectivity index (χ1n) is 19.0. The van der Waals surface area contributed by atoms with Crippen molar-refractivity contribution in [1.82, 2.24) is 0 Å². The average molecular weight is 678 g/mol. The molecule has 0 heterocycles. The van der Waals surface area contributed by atoms with Gasteiger partial charge < -0.3 is 13.7 Å². The number of alkyl halides is 2. The van der Waals surface area contributed by atoms with Gasteiger partial charge in [0.15, 0.2) is 17.1 Å². The van der Waals surface area contributed by atoms with E-state index in [1.165, 1.54) is 88.2 Å². The highest BCUT2D eigenvalue weighted by Gasteiger charge is 2.50. The van der Waals surface area contributed by atoms with Crippen LogP contribution in [0.4, 0.5) is 0 Å². The third-order valence-electron chi connectivity index (χ3n) is 10.6. The Bertz CT molecular complexity index is 933. The van der Waals surface area contributed by atoms with Crippen LogP contribution in [0.3, 0.4) is 0 Å². The van der Waals surface area contributed by atoms with Crippen molar-refractivity contribution in [2.75, 3.05) is 26.2 Å². The number of ether oxygens (including phenoxy) is 1. The van der Waals surface area contributed by atoms with E-state index in [4.69, 9.17) is 27.9 Å². The summed E-state index contributed by atoms with van der Waals surface area (Å²) in [4.78, 5) is 0. The third-order valence-corrected chi connectivity index (χ3v) is 12.0. The summed E-state index contributed by atoms with van der Waals surface area (Å²) in [6.45, 7) is 19.0. The molecule has 3 unspecified atom stereocenters. The molecule has 0 aliphatic heterocycles. The van der Waals surface area contributed by atoms with Gasteiger partial charge in [0.2, 0.25) is 0 Å². The van der Waals surface area contributed by atoms with Crippen molar-refractivity contribution in [1.29, 1.82) is 0 Å². The van der Waals surface area contributed by atoms with E-state index in [9.17, 15) is 0 Å². The highest BCUT2D eigenvalue weighted by atomic mass is 35.5. The molecule has 0 amide bonds. The van der Waals surface area contributed by atoms with Crippen LogP contribution in [0.25, 0.3) is 0 Å². The van der Waals surface area contributed by atoms with Crippen molar-refractivity contribution in [2.24, 2.45) is 0 Å². The zero-order chi connectivity index (χ0) is 33.7. The average Bonchev–Trinajstić information content (AvgIpc) is 3.09. The lowest BCUT2D eigenvalue weighted by Gasteiger charge is -2.49. The maximum Gasteiger partial charge on any atom is 0.198 e. The number of nitrogens with zero attached hydrogens (tertiary/aromatic N) is 2. The lowest BCUT2D eigenvalue weighted by Crippen LogP contribution is -2.65. The highest BCUT2D eigenvalue weighted by molar-refractivity contribution is 6.23. The van der Waals surface area contributed by atoms with E-state index in [0.717, 1.165) is 54.7 Å². The molecule has 2 aromatic carbocycles. The second kappa shape index (κ2) is 23.3. The largest absolute Gasteiger partial charge is 0.360 e. The SMILES string of the molecule is CCCCCCCCCCCCCCC(C)OC(C(Cl)[N+](CC)(CC)Cc1ccccc1)C(Cl)[N+](CC)(CC)Cc1ccccc1. The Hall–Kier alpha value is -1.10. The predicted octanol–water partition coefficient (Wildman–Crippen LogP) is 12.1. The first kappa shape index (κ1) is 41.1. The second-order valence-corrected chi connectivity index (χ2v) is 14.7. The number of likely N-dealkylation sites (N-methyl/N-ethyl adjacent to an activating group) is 2. The van der Waals surface area contributed by atoms with Crippen molar-refractivity contribution in [3.8, 4) is 0 Å². The molecular weight excluding hydrogens is 607 g/mol. The minimum absolute atomic E-state index is 0.107. The highest BCUT2D eigenvalue weighted by Crippen LogP contribution is 2.35. The van der Waals surface area contributed by atoms with Crippen LogP contribution in [0, 0.1) is 0 Å². The fourth-order valence-corrected chi connectivity index (χ4v) is 8.31. The van der Waals surface area contributed by atoms with Crippen molar-refractivity contribution >= 4 is 23.2 Å². The van der Waals surface area contributed by atoms with Crippen molar-refractivity contribution in [3.63, 3.8) is 0 Å². The summed E-state index contributed by atoms with van der Waals surface area (Å²) in [7, 11) is 0. The molecule has 46 heavy (non-hydrogen) atoms. The molecule has 0 bridgehead atoms. The summed E-state index contributed by atoms with van der Waals surface area (Å²) in [6.07, 6.45) is 17.2. The summed E-state index contributed by atoms with van der Waals surface area (Å²) >= 11 is 15.4. The summed E-state index contributed by atoms with van der Waals surface area (Å²) in [5.41, 5.74) is 2.08. The number of halogens is 2. The van der Waals surface area contributed by atoms with E-state index in [2.05, 4.69) is 102 Å². The van der Waals surface area contributed by atoms with E-state index in [1.807, 2.05) is 0 Å². The van der Waals surface area contributed by atoms with E-state index in [1.54, 1.807) is 0 Å². The zero-order valence-corrected chi connectivity index (χ0v) is 32.1. The number of hydrogen-bond donors (Lipinski definition) is 0. The standard InChI is InChI=1S/C41H70Cl2N2O/c1-7-12-13-14-15-16-17-18-19-20-21-24-29-36(6)46-39(40(42)44(8-2,9-3)34-37-30-25-22-26-31-37)41(43)45(10-4,11-5)35-38-32-27-23-28-33-38/h22-23,25-28,30-33,36,39-41H,7-21,24,29,34-35H2,1-6H3/q+2. The molecule has 3 nitrogen and oxygen atoms in total. The molecule has 262 valence electrons. The number of unbranched alkanes of at least 4 members (excludes halogenated alkanes) is 11. The fourth-order valence-electron chi connectivity index (χ4n) is 7.15. The van der Waals surface area contributed by atoms with Gasteiger partial charge in [-0.1, -0.05) is 168 Å².